The number of nitrogens with zero attached hydrogens (tertiary/aromatic N) is 2. The van der Waals surface area contributed by atoms with E-state index in [1.807, 2.05) is 48.7 Å². The summed E-state index contributed by atoms with van der Waals surface area (Å²) in [4.78, 5) is 17.9. The van der Waals surface area contributed by atoms with Crippen LogP contribution in [0.4, 0.5) is 16.5 Å². The average Bonchev–Trinajstić information content (AvgIpc) is 3.32. The van der Waals surface area contributed by atoms with Crippen LogP contribution in [0.15, 0.2) is 58.9 Å². The maximum absolute atomic E-state index is 12.4. The first kappa shape index (κ1) is 16.6. The molecule has 6 nitrogen and oxygen atoms in total. The van der Waals surface area contributed by atoms with Crippen molar-refractivity contribution in [2.45, 2.75) is 4.90 Å². The van der Waals surface area contributed by atoms with Gasteiger partial charge < -0.3 is 10.6 Å². The summed E-state index contributed by atoms with van der Waals surface area (Å²) in [6, 6.07) is 13.6. The molecule has 0 bridgehead atoms. The Kier molecular flexibility index (Phi) is 4.59. The standard InChI is InChI=1S/C18H15N5OS2/c1-25-12-7-5-11(6-8-12)20-17(24)16-10-26-18(22-16)21-14-3-2-4-15-13(14)9-19-23-15/h2-10H,1H3,(H,19,23)(H,20,24)(H,21,22). The molecule has 2 heterocycles. The molecule has 4 rings (SSSR count). The lowest BCUT2D eigenvalue weighted by Gasteiger charge is -2.04. The van der Waals surface area contributed by atoms with Gasteiger partial charge >= 0.3 is 0 Å². The lowest BCUT2D eigenvalue weighted by Crippen LogP contribution is -2.12. The zero-order chi connectivity index (χ0) is 17.9. The molecule has 0 saturated heterocycles. The molecule has 8 heteroatoms. The number of thioether (sulfide) groups is 1. The van der Waals surface area contributed by atoms with Crippen molar-refractivity contribution in [1.29, 1.82) is 0 Å². The van der Waals surface area contributed by atoms with Crippen LogP contribution >= 0.6 is 23.1 Å². The van der Waals surface area contributed by atoms with Gasteiger partial charge in [-0.2, -0.15) is 5.10 Å². The molecule has 2 aromatic heterocycles. The number of anilines is 3. The number of carbonyl (C=O) groups is 1. The van der Waals surface area contributed by atoms with Crippen LogP contribution < -0.4 is 10.6 Å². The molecule has 0 saturated carbocycles. The number of fused-ring (bicyclic) bond motifs is 1. The molecule has 1 amide bonds. The fraction of sp³-hybridized carbons (Fsp3) is 0.0556. The lowest BCUT2D eigenvalue weighted by molar-refractivity contribution is 0.102. The minimum Gasteiger partial charge on any atom is -0.331 e. The number of aromatic amines is 1. The zero-order valence-corrected chi connectivity index (χ0v) is 15.4. The number of thiazole rings is 1. The van der Waals surface area contributed by atoms with Crippen molar-refractivity contribution in [1.82, 2.24) is 15.2 Å². The summed E-state index contributed by atoms with van der Waals surface area (Å²) in [5, 5.41) is 16.5. The third-order valence-electron chi connectivity index (χ3n) is 3.81. The highest BCUT2D eigenvalue weighted by Crippen LogP contribution is 2.27. The van der Waals surface area contributed by atoms with Crippen LogP contribution in [0, 0.1) is 0 Å². The number of hydrogen-bond acceptors (Lipinski definition) is 6. The fourth-order valence-corrected chi connectivity index (χ4v) is 3.61. The lowest BCUT2D eigenvalue weighted by atomic mass is 10.2. The Bertz CT molecular complexity index is 1050. The van der Waals surface area contributed by atoms with Gasteiger partial charge in [-0.15, -0.1) is 23.1 Å². The van der Waals surface area contributed by atoms with Gasteiger partial charge in [0.05, 0.1) is 17.4 Å². The summed E-state index contributed by atoms with van der Waals surface area (Å²) >= 11 is 3.04. The van der Waals surface area contributed by atoms with E-state index in [9.17, 15) is 4.79 Å². The highest BCUT2D eigenvalue weighted by molar-refractivity contribution is 7.98. The molecule has 0 atom stereocenters. The maximum atomic E-state index is 12.4. The normalized spacial score (nSPS) is 10.8. The molecule has 0 aliphatic rings. The smallest absolute Gasteiger partial charge is 0.275 e. The Morgan fingerprint density at radius 2 is 2.04 bits per heavy atom. The Labute approximate surface area is 158 Å². The number of aromatic nitrogens is 3. The van der Waals surface area contributed by atoms with Gasteiger partial charge in [-0.1, -0.05) is 6.07 Å². The minimum absolute atomic E-state index is 0.229. The molecule has 0 spiro atoms. The van der Waals surface area contributed by atoms with Gasteiger partial charge in [0.1, 0.15) is 5.69 Å². The monoisotopic (exact) mass is 381 g/mol. The molecule has 2 aromatic carbocycles. The number of nitrogens with one attached hydrogen (secondary N) is 3. The van der Waals surface area contributed by atoms with Crippen LogP contribution in [-0.4, -0.2) is 27.3 Å². The number of H-pyrrole nitrogens is 1. The van der Waals surface area contributed by atoms with E-state index in [-0.39, 0.29) is 5.91 Å². The molecule has 0 radical (unpaired) electrons. The van der Waals surface area contributed by atoms with Crippen molar-refractivity contribution < 1.29 is 4.79 Å². The van der Waals surface area contributed by atoms with E-state index in [0.717, 1.165) is 27.2 Å². The molecule has 0 fully saturated rings. The quantitative estimate of drug-likeness (QED) is 0.435. The van der Waals surface area contributed by atoms with Crippen LogP contribution in [-0.2, 0) is 0 Å². The van der Waals surface area contributed by atoms with Crippen molar-refractivity contribution >= 4 is 56.4 Å². The number of hydrogen-bond donors (Lipinski definition) is 3. The Morgan fingerprint density at radius 3 is 2.85 bits per heavy atom. The Hall–Kier alpha value is -2.84. The Balaban J connectivity index is 1.48. The third-order valence-corrected chi connectivity index (χ3v) is 5.31. The predicted molar refractivity (Wildman–Crippen MR) is 108 cm³/mol. The SMILES string of the molecule is CSc1ccc(NC(=O)c2csc(Nc3cccc4[nH]ncc34)n2)cc1. The van der Waals surface area contributed by atoms with Crippen LogP contribution in [0.2, 0.25) is 0 Å². The van der Waals surface area contributed by atoms with Gasteiger partial charge in [-0.25, -0.2) is 4.98 Å². The van der Waals surface area contributed by atoms with E-state index in [0.29, 0.717) is 10.8 Å². The van der Waals surface area contributed by atoms with Gasteiger partial charge in [0.15, 0.2) is 5.13 Å². The molecule has 0 aliphatic heterocycles. The van der Waals surface area contributed by atoms with Gasteiger partial charge in [0.2, 0.25) is 0 Å². The van der Waals surface area contributed by atoms with Crippen LogP contribution in [0.25, 0.3) is 10.9 Å². The number of rotatable bonds is 5. The predicted octanol–water partition coefficient (Wildman–Crippen LogP) is 4.74. The van der Waals surface area contributed by atoms with E-state index in [2.05, 4.69) is 25.8 Å². The first-order valence-corrected chi connectivity index (χ1v) is 9.93. The van der Waals surface area contributed by atoms with E-state index in [4.69, 9.17) is 0 Å². The van der Waals surface area contributed by atoms with Crippen molar-refractivity contribution in [3.05, 3.63) is 59.7 Å². The topological polar surface area (TPSA) is 82.7 Å². The number of benzene rings is 2. The van der Waals surface area contributed by atoms with Crippen LogP contribution in [0.3, 0.4) is 0 Å². The summed E-state index contributed by atoms with van der Waals surface area (Å²) in [7, 11) is 0. The second-order valence-corrected chi connectivity index (χ2v) is 7.22. The second kappa shape index (κ2) is 7.19. The highest BCUT2D eigenvalue weighted by atomic mass is 32.2. The molecular formula is C18H15N5OS2. The van der Waals surface area contributed by atoms with Gasteiger partial charge in [-0.3, -0.25) is 9.89 Å². The fourth-order valence-electron chi connectivity index (χ4n) is 2.50. The number of amides is 1. The van der Waals surface area contributed by atoms with E-state index in [1.165, 1.54) is 11.3 Å². The first-order chi connectivity index (χ1) is 12.7. The van der Waals surface area contributed by atoms with Gasteiger partial charge in [0, 0.05) is 21.3 Å². The van der Waals surface area contributed by atoms with Crippen molar-refractivity contribution in [2.24, 2.45) is 0 Å². The van der Waals surface area contributed by atoms with Crippen LogP contribution in [0.5, 0.6) is 0 Å². The third kappa shape index (κ3) is 3.42. The molecule has 26 heavy (non-hydrogen) atoms. The summed E-state index contributed by atoms with van der Waals surface area (Å²) in [5.41, 5.74) is 2.97. The second-order valence-electron chi connectivity index (χ2n) is 5.48. The van der Waals surface area contributed by atoms with Crippen molar-refractivity contribution in [3.8, 4) is 0 Å². The molecule has 3 N–H and O–H groups in total. The first-order valence-electron chi connectivity index (χ1n) is 7.83. The summed E-state index contributed by atoms with van der Waals surface area (Å²) < 4.78 is 0. The molecule has 4 aromatic rings. The summed E-state index contributed by atoms with van der Waals surface area (Å²) in [5.74, 6) is -0.229. The van der Waals surface area contributed by atoms with Crippen LogP contribution in [0.1, 0.15) is 10.5 Å². The highest BCUT2D eigenvalue weighted by Gasteiger charge is 2.12. The van der Waals surface area contributed by atoms with Gasteiger partial charge in [-0.05, 0) is 42.7 Å². The number of carbonyl (C=O) groups excluding carboxylic acids is 1. The molecule has 130 valence electrons. The van der Waals surface area contributed by atoms with E-state index >= 15 is 0 Å². The molecular weight excluding hydrogens is 366 g/mol. The van der Waals surface area contributed by atoms with E-state index < -0.39 is 0 Å². The summed E-state index contributed by atoms with van der Waals surface area (Å²) in [6.45, 7) is 0. The largest absolute Gasteiger partial charge is 0.331 e. The van der Waals surface area contributed by atoms with Crippen molar-refractivity contribution in [3.63, 3.8) is 0 Å². The minimum atomic E-state index is -0.229. The van der Waals surface area contributed by atoms with Gasteiger partial charge in [0.25, 0.3) is 5.91 Å². The maximum Gasteiger partial charge on any atom is 0.275 e. The molecule has 0 unspecified atom stereocenters. The molecule has 0 aliphatic carbocycles. The zero-order valence-electron chi connectivity index (χ0n) is 13.8. The average molecular weight is 381 g/mol. The van der Waals surface area contributed by atoms with E-state index in [1.54, 1.807) is 23.3 Å². The van der Waals surface area contributed by atoms with Crippen molar-refractivity contribution in [2.75, 3.05) is 16.9 Å². The summed E-state index contributed by atoms with van der Waals surface area (Å²) in [6.07, 6.45) is 3.78. The Morgan fingerprint density at radius 1 is 1.19 bits per heavy atom.